The highest BCUT2D eigenvalue weighted by atomic mass is 19.4. The molecule has 0 aliphatic heterocycles. The van der Waals surface area contributed by atoms with Crippen LogP contribution in [0.3, 0.4) is 0 Å². The van der Waals surface area contributed by atoms with Gasteiger partial charge in [0, 0.05) is 16.9 Å². The minimum Gasteiger partial charge on any atom is -0.468 e. The average molecular weight is 503 g/mol. The molecule has 0 spiro atoms. The Hall–Kier alpha value is -4.74. The van der Waals surface area contributed by atoms with Crippen LogP contribution in [0.4, 0.5) is 29.3 Å². The summed E-state index contributed by atoms with van der Waals surface area (Å²) in [5.41, 5.74) is 1.04. The Balaban J connectivity index is 1.49. The summed E-state index contributed by atoms with van der Waals surface area (Å²) in [6, 6.07) is 16.7. The summed E-state index contributed by atoms with van der Waals surface area (Å²) >= 11 is 0. The van der Waals surface area contributed by atoms with Gasteiger partial charge >= 0.3 is 18.4 Å². The predicted molar refractivity (Wildman–Crippen MR) is 123 cm³/mol. The third-order valence-corrected chi connectivity index (χ3v) is 4.43. The molecule has 9 nitrogen and oxygen atoms in total. The molecular weight excluding hydrogens is 483 g/mol. The maximum absolute atomic E-state index is 12.2. The van der Waals surface area contributed by atoms with E-state index < -0.39 is 30.0 Å². The number of carbonyl (C=O) groups excluding carboxylic acids is 3. The second-order valence-electron chi connectivity index (χ2n) is 7.06. The average Bonchev–Trinajstić information content (AvgIpc) is 2.84. The number of carbonyl (C=O) groups is 3. The zero-order valence-electron chi connectivity index (χ0n) is 18.7. The van der Waals surface area contributed by atoms with E-state index in [0.29, 0.717) is 22.7 Å². The highest BCUT2D eigenvalue weighted by molar-refractivity contribution is 5.99. The first-order valence-electron chi connectivity index (χ1n) is 10.3. The van der Waals surface area contributed by atoms with Crippen molar-refractivity contribution in [3.05, 3.63) is 78.4 Å². The minimum atomic E-state index is -4.80. The van der Waals surface area contributed by atoms with Gasteiger partial charge in [-0.3, -0.25) is 9.59 Å². The van der Waals surface area contributed by atoms with E-state index in [9.17, 15) is 27.6 Å². The van der Waals surface area contributed by atoms with E-state index in [-0.39, 0.29) is 12.2 Å². The molecule has 3 aromatic carbocycles. The Morgan fingerprint density at radius 3 is 1.69 bits per heavy atom. The van der Waals surface area contributed by atoms with Crippen molar-refractivity contribution in [2.24, 2.45) is 0 Å². The van der Waals surface area contributed by atoms with Crippen molar-refractivity contribution in [1.29, 1.82) is 0 Å². The van der Waals surface area contributed by atoms with Crippen LogP contribution < -0.4 is 25.4 Å². The van der Waals surface area contributed by atoms with Crippen LogP contribution >= 0.6 is 0 Å². The van der Waals surface area contributed by atoms with Gasteiger partial charge in [0.15, 0.2) is 0 Å². The van der Waals surface area contributed by atoms with E-state index in [0.717, 1.165) is 12.1 Å². The largest absolute Gasteiger partial charge is 0.573 e. The van der Waals surface area contributed by atoms with Gasteiger partial charge < -0.3 is 30.2 Å². The molecule has 3 rings (SSSR count). The number of methoxy groups -OCH3 is 1. The van der Waals surface area contributed by atoms with Gasteiger partial charge in [-0.25, -0.2) is 4.79 Å². The van der Waals surface area contributed by atoms with Gasteiger partial charge in [-0.15, -0.1) is 13.2 Å². The first-order valence-corrected chi connectivity index (χ1v) is 10.3. The molecule has 0 atom stereocenters. The Labute approximate surface area is 203 Å². The van der Waals surface area contributed by atoms with Crippen LogP contribution in [0, 0.1) is 0 Å². The fraction of sp³-hybridized carbons (Fsp3) is 0.125. The lowest BCUT2D eigenvalue weighted by atomic mass is 10.2. The lowest BCUT2D eigenvalue weighted by molar-refractivity contribution is -0.274. The van der Waals surface area contributed by atoms with Crippen molar-refractivity contribution in [1.82, 2.24) is 5.32 Å². The van der Waals surface area contributed by atoms with E-state index >= 15 is 0 Å². The fourth-order valence-electron chi connectivity index (χ4n) is 2.78. The van der Waals surface area contributed by atoms with Crippen LogP contribution in [0.15, 0.2) is 72.8 Å². The Kier molecular flexibility index (Phi) is 8.34. The maximum Gasteiger partial charge on any atom is 0.573 e. The van der Waals surface area contributed by atoms with Crippen LogP contribution in [-0.2, 0) is 9.53 Å². The molecule has 3 aromatic rings. The molecule has 0 radical (unpaired) electrons. The van der Waals surface area contributed by atoms with E-state index in [1.807, 2.05) is 0 Å². The van der Waals surface area contributed by atoms with E-state index in [2.05, 4.69) is 25.4 Å². The van der Waals surface area contributed by atoms with Gasteiger partial charge in [0.05, 0.1) is 7.11 Å². The lowest BCUT2D eigenvalue weighted by Gasteiger charge is -2.11. The van der Waals surface area contributed by atoms with Gasteiger partial charge in [0.25, 0.3) is 5.91 Å². The third-order valence-electron chi connectivity index (χ3n) is 4.43. The van der Waals surface area contributed by atoms with Crippen LogP contribution in [0.5, 0.6) is 17.2 Å². The number of hydrogen-bond donors (Lipinski definition) is 3. The van der Waals surface area contributed by atoms with Crippen molar-refractivity contribution in [3.8, 4) is 17.2 Å². The third kappa shape index (κ3) is 8.24. The van der Waals surface area contributed by atoms with Crippen molar-refractivity contribution in [2.75, 3.05) is 24.3 Å². The molecule has 0 heterocycles. The number of esters is 1. The molecule has 0 bridgehead atoms. The fourth-order valence-corrected chi connectivity index (χ4v) is 2.78. The van der Waals surface area contributed by atoms with Crippen LogP contribution in [0.25, 0.3) is 0 Å². The molecule has 12 heteroatoms. The van der Waals surface area contributed by atoms with Gasteiger partial charge in [-0.2, -0.15) is 0 Å². The molecule has 188 valence electrons. The van der Waals surface area contributed by atoms with E-state index in [4.69, 9.17) is 4.74 Å². The van der Waals surface area contributed by atoms with Crippen molar-refractivity contribution >= 4 is 29.3 Å². The molecule has 0 unspecified atom stereocenters. The summed E-state index contributed by atoms with van der Waals surface area (Å²) < 4.78 is 50.6. The topological polar surface area (TPSA) is 115 Å². The molecule has 3 N–H and O–H groups in total. The summed E-state index contributed by atoms with van der Waals surface area (Å²) in [7, 11) is 1.22. The number of nitrogens with one attached hydrogen (secondary N) is 3. The standard InChI is InChI=1S/C24H20F3N3O6/c1-34-21(31)14-28-22(32)15-2-8-18(9-3-15)35-19-10-4-16(5-11-19)29-23(33)30-17-6-12-20(13-7-17)36-24(25,26)27/h2-13H,14H2,1H3,(H,28,32)(H2,29,30,33). The molecule has 3 amide bonds. The van der Waals surface area contributed by atoms with E-state index in [1.165, 1.54) is 31.4 Å². The molecule has 0 aromatic heterocycles. The van der Waals surface area contributed by atoms with Gasteiger partial charge in [0.1, 0.15) is 23.8 Å². The number of benzene rings is 3. The number of rotatable bonds is 8. The van der Waals surface area contributed by atoms with Crippen LogP contribution in [0.1, 0.15) is 10.4 Å². The summed E-state index contributed by atoms with van der Waals surface area (Å²) in [4.78, 5) is 35.2. The number of halogens is 3. The highest BCUT2D eigenvalue weighted by Gasteiger charge is 2.30. The first-order chi connectivity index (χ1) is 17.1. The summed E-state index contributed by atoms with van der Waals surface area (Å²) in [5, 5.41) is 7.50. The van der Waals surface area contributed by atoms with Gasteiger partial charge in [-0.05, 0) is 72.8 Å². The van der Waals surface area contributed by atoms with E-state index in [1.54, 1.807) is 36.4 Å². The SMILES string of the molecule is COC(=O)CNC(=O)c1ccc(Oc2ccc(NC(=O)Nc3ccc(OC(F)(F)F)cc3)cc2)cc1. The first kappa shape index (κ1) is 25.9. The molecular formula is C24H20F3N3O6. The zero-order chi connectivity index (χ0) is 26.1. The van der Waals surface area contributed by atoms with Crippen LogP contribution in [-0.4, -0.2) is 37.9 Å². The molecule has 36 heavy (non-hydrogen) atoms. The summed E-state index contributed by atoms with van der Waals surface area (Å²) in [6.45, 7) is -0.241. The molecule has 0 aliphatic rings. The monoisotopic (exact) mass is 503 g/mol. The van der Waals surface area contributed by atoms with Crippen molar-refractivity contribution < 1.29 is 41.8 Å². The smallest absolute Gasteiger partial charge is 0.468 e. The lowest BCUT2D eigenvalue weighted by Crippen LogP contribution is -2.30. The number of alkyl halides is 3. The Morgan fingerprint density at radius 2 is 1.22 bits per heavy atom. The second kappa shape index (κ2) is 11.6. The quantitative estimate of drug-likeness (QED) is 0.376. The number of anilines is 2. The van der Waals surface area contributed by atoms with Gasteiger partial charge in [0.2, 0.25) is 0 Å². The van der Waals surface area contributed by atoms with Crippen molar-refractivity contribution in [3.63, 3.8) is 0 Å². The van der Waals surface area contributed by atoms with Crippen LogP contribution in [0.2, 0.25) is 0 Å². The summed E-state index contributed by atoms with van der Waals surface area (Å²) in [6.07, 6.45) is -4.80. The number of hydrogen-bond acceptors (Lipinski definition) is 6. The highest BCUT2D eigenvalue weighted by Crippen LogP contribution is 2.25. The minimum absolute atomic E-state index is 0.241. The number of ether oxygens (including phenoxy) is 3. The molecule has 0 saturated heterocycles. The summed E-state index contributed by atoms with van der Waals surface area (Å²) in [5.74, 6) is -0.487. The number of urea groups is 1. The second-order valence-corrected chi connectivity index (χ2v) is 7.06. The predicted octanol–water partition coefficient (Wildman–Crippen LogP) is 4.92. The molecule has 0 fully saturated rings. The Bertz CT molecular complexity index is 1200. The van der Waals surface area contributed by atoms with Gasteiger partial charge in [-0.1, -0.05) is 0 Å². The molecule has 0 aliphatic carbocycles. The normalized spacial score (nSPS) is 10.7. The maximum atomic E-state index is 12.2. The Morgan fingerprint density at radius 1 is 0.750 bits per heavy atom. The number of amides is 3. The van der Waals surface area contributed by atoms with Crippen molar-refractivity contribution in [2.45, 2.75) is 6.36 Å². The zero-order valence-corrected chi connectivity index (χ0v) is 18.7. The molecule has 0 saturated carbocycles.